The van der Waals surface area contributed by atoms with E-state index in [1.165, 1.54) is 12.3 Å². The largest absolute Gasteiger partial charge is 0.286 e. The zero-order valence-corrected chi connectivity index (χ0v) is 8.41. The number of nitrogens with zero attached hydrogens (tertiary/aromatic N) is 4. The lowest BCUT2D eigenvalue weighted by Crippen LogP contribution is -1.98. The van der Waals surface area contributed by atoms with E-state index < -0.39 is 4.92 Å². The summed E-state index contributed by atoms with van der Waals surface area (Å²) in [5.74, 6) is 0.913. The standard InChI is InChI=1S/C9H10N4O2/c1-6(2)9-11-10-8-4-3-7(13(14)15)5-12(8)9/h3-6H,1-2H3. The van der Waals surface area contributed by atoms with Gasteiger partial charge >= 0.3 is 0 Å². The van der Waals surface area contributed by atoms with Gasteiger partial charge in [0.15, 0.2) is 5.65 Å². The first kappa shape index (κ1) is 9.57. The fraction of sp³-hybridized carbons (Fsp3) is 0.333. The average Bonchev–Trinajstić information content (AvgIpc) is 2.59. The van der Waals surface area contributed by atoms with Crippen molar-refractivity contribution >= 4 is 11.3 Å². The van der Waals surface area contributed by atoms with Gasteiger partial charge in [-0.3, -0.25) is 14.5 Å². The van der Waals surface area contributed by atoms with E-state index in [4.69, 9.17) is 0 Å². The molecule has 0 unspecified atom stereocenters. The van der Waals surface area contributed by atoms with Gasteiger partial charge in [0.25, 0.3) is 5.69 Å². The zero-order valence-electron chi connectivity index (χ0n) is 8.41. The summed E-state index contributed by atoms with van der Waals surface area (Å²) in [5, 5.41) is 18.5. The lowest BCUT2D eigenvalue weighted by molar-refractivity contribution is -0.385. The van der Waals surface area contributed by atoms with Crippen LogP contribution < -0.4 is 0 Å². The molecule has 6 heteroatoms. The van der Waals surface area contributed by atoms with Gasteiger partial charge in [-0.1, -0.05) is 13.8 Å². The fourth-order valence-corrected chi connectivity index (χ4v) is 1.40. The van der Waals surface area contributed by atoms with Gasteiger partial charge in [-0.25, -0.2) is 0 Å². The highest BCUT2D eigenvalue weighted by atomic mass is 16.6. The van der Waals surface area contributed by atoms with Crippen LogP contribution in [0.1, 0.15) is 25.6 Å². The molecule has 2 rings (SSSR count). The number of nitro groups is 1. The molecular formula is C9H10N4O2. The van der Waals surface area contributed by atoms with Gasteiger partial charge in [0.05, 0.1) is 11.1 Å². The highest BCUT2D eigenvalue weighted by Crippen LogP contribution is 2.17. The minimum Gasteiger partial charge on any atom is -0.279 e. The molecule has 0 radical (unpaired) electrons. The summed E-state index contributed by atoms with van der Waals surface area (Å²) in [5.41, 5.74) is 0.675. The molecule has 0 amide bonds. The molecule has 0 aliphatic rings. The van der Waals surface area contributed by atoms with Crippen LogP contribution >= 0.6 is 0 Å². The molecule has 0 fully saturated rings. The van der Waals surface area contributed by atoms with Crippen LogP contribution in [0.5, 0.6) is 0 Å². The number of aromatic nitrogens is 3. The van der Waals surface area contributed by atoms with Crippen molar-refractivity contribution in [3.05, 3.63) is 34.3 Å². The molecule has 0 saturated heterocycles. The van der Waals surface area contributed by atoms with Gasteiger partial charge in [0, 0.05) is 12.0 Å². The third-order valence-corrected chi connectivity index (χ3v) is 2.14. The van der Waals surface area contributed by atoms with Crippen molar-refractivity contribution in [1.82, 2.24) is 14.6 Å². The predicted molar refractivity (Wildman–Crippen MR) is 53.7 cm³/mol. The highest BCUT2D eigenvalue weighted by Gasteiger charge is 2.12. The van der Waals surface area contributed by atoms with Crippen molar-refractivity contribution < 1.29 is 4.92 Å². The SMILES string of the molecule is CC(C)c1nnc2ccc([N+](=O)[O-])cn12. The molecule has 0 bridgehead atoms. The fourth-order valence-electron chi connectivity index (χ4n) is 1.40. The van der Waals surface area contributed by atoms with Crippen molar-refractivity contribution in [2.75, 3.05) is 0 Å². The summed E-state index contributed by atoms with van der Waals surface area (Å²) in [6, 6.07) is 3.02. The van der Waals surface area contributed by atoms with Crippen LogP contribution in [-0.2, 0) is 0 Å². The second-order valence-corrected chi connectivity index (χ2v) is 3.59. The topological polar surface area (TPSA) is 73.3 Å². The van der Waals surface area contributed by atoms with E-state index in [9.17, 15) is 10.1 Å². The third-order valence-electron chi connectivity index (χ3n) is 2.14. The summed E-state index contributed by atoms with van der Waals surface area (Å²) in [6.45, 7) is 3.94. The van der Waals surface area contributed by atoms with Crippen molar-refractivity contribution in [3.63, 3.8) is 0 Å². The average molecular weight is 206 g/mol. The first-order valence-corrected chi connectivity index (χ1v) is 4.58. The molecule has 0 N–H and O–H groups in total. The predicted octanol–water partition coefficient (Wildman–Crippen LogP) is 1.76. The number of hydrogen-bond donors (Lipinski definition) is 0. The van der Waals surface area contributed by atoms with Crippen LogP contribution in [0.2, 0.25) is 0 Å². The number of pyridine rings is 1. The van der Waals surface area contributed by atoms with Crippen LogP contribution in [0.3, 0.4) is 0 Å². The summed E-state index contributed by atoms with van der Waals surface area (Å²) >= 11 is 0. The van der Waals surface area contributed by atoms with E-state index in [-0.39, 0.29) is 11.6 Å². The normalized spacial score (nSPS) is 11.1. The molecule has 2 aromatic heterocycles. The van der Waals surface area contributed by atoms with E-state index in [1.54, 1.807) is 10.5 Å². The van der Waals surface area contributed by atoms with E-state index in [0.29, 0.717) is 5.65 Å². The Morgan fingerprint density at radius 3 is 2.73 bits per heavy atom. The van der Waals surface area contributed by atoms with Crippen LogP contribution in [0.25, 0.3) is 5.65 Å². The first-order valence-electron chi connectivity index (χ1n) is 4.58. The van der Waals surface area contributed by atoms with Crippen LogP contribution in [0.15, 0.2) is 18.3 Å². The molecule has 0 saturated carbocycles. The van der Waals surface area contributed by atoms with Crippen molar-refractivity contribution in [3.8, 4) is 0 Å². The van der Waals surface area contributed by atoms with E-state index in [2.05, 4.69) is 10.2 Å². The van der Waals surface area contributed by atoms with Gasteiger partial charge in [-0.05, 0) is 6.07 Å². The van der Waals surface area contributed by atoms with Gasteiger partial charge in [-0.15, -0.1) is 10.2 Å². The highest BCUT2D eigenvalue weighted by molar-refractivity contribution is 5.44. The maximum atomic E-state index is 10.6. The molecule has 0 aromatic carbocycles. The van der Waals surface area contributed by atoms with Crippen molar-refractivity contribution in [1.29, 1.82) is 0 Å². The van der Waals surface area contributed by atoms with Gasteiger partial charge in [0.2, 0.25) is 0 Å². The smallest absolute Gasteiger partial charge is 0.279 e. The Kier molecular flexibility index (Phi) is 2.11. The van der Waals surface area contributed by atoms with Gasteiger partial charge < -0.3 is 0 Å². The summed E-state index contributed by atoms with van der Waals surface area (Å²) in [6.07, 6.45) is 1.45. The summed E-state index contributed by atoms with van der Waals surface area (Å²) in [4.78, 5) is 10.2. The summed E-state index contributed by atoms with van der Waals surface area (Å²) in [7, 11) is 0. The Morgan fingerprint density at radius 1 is 1.40 bits per heavy atom. The quantitative estimate of drug-likeness (QED) is 0.554. The van der Waals surface area contributed by atoms with Crippen LogP contribution in [0, 0.1) is 10.1 Å². The number of rotatable bonds is 2. The first-order chi connectivity index (χ1) is 7.09. The Morgan fingerprint density at radius 2 is 2.13 bits per heavy atom. The van der Waals surface area contributed by atoms with Crippen molar-refractivity contribution in [2.45, 2.75) is 19.8 Å². The summed E-state index contributed by atoms with van der Waals surface area (Å²) < 4.78 is 1.66. The Labute approximate surface area is 85.7 Å². The molecule has 0 atom stereocenters. The molecular weight excluding hydrogens is 196 g/mol. The van der Waals surface area contributed by atoms with Gasteiger partial charge in [0.1, 0.15) is 5.82 Å². The van der Waals surface area contributed by atoms with Crippen LogP contribution in [0.4, 0.5) is 5.69 Å². The maximum Gasteiger partial charge on any atom is 0.286 e. The van der Waals surface area contributed by atoms with Crippen LogP contribution in [-0.4, -0.2) is 19.5 Å². The molecule has 6 nitrogen and oxygen atoms in total. The molecule has 0 spiro atoms. The van der Waals surface area contributed by atoms with Crippen molar-refractivity contribution in [2.24, 2.45) is 0 Å². The lowest BCUT2D eigenvalue weighted by Gasteiger charge is -2.01. The second-order valence-electron chi connectivity index (χ2n) is 3.59. The second kappa shape index (κ2) is 3.30. The molecule has 78 valence electrons. The third kappa shape index (κ3) is 1.54. The number of fused-ring (bicyclic) bond motifs is 1. The molecule has 0 aliphatic heterocycles. The van der Waals surface area contributed by atoms with Gasteiger partial charge in [-0.2, -0.15) is 0 Å². The Bertz CT molecular complexity index is 518. The van der Waals surface area contributed by atoms with E-state index in [1.807, 2.05) is 13.8 Å². The minimum atomic E-state index is -0.427. The molecule has 15 heavy (non-hydrogen) atoms. The van der Waals surface area contributed by atoms with E-state index in [0.717, 1.165) is 5.82 Å². The molecule has 2 aromatic rings. The Hall–Kier alpha value is -1.98. The number of hydrogen-bond acceptors (Lipinski definition) is 4. The Balaban J connectivity index is 2.66. The zero-order chi connectivity index (χ0) is 11.0. The minimum absolute atomic E-state index is 0.0456. The molecule has 2 heterocycles. The maximum absolute atomic E-state index is 10.6. The monoisotopic (exact) mass is 206 g/mol. The van der Waals surface area contributed by atoms with E-state index >= 15 is 0 Å². The lowest BCUT2D eigenvalue weighted by atomic mass is 10.2. The molecule has 0 aliphatic carbocycles.